The Morgan fingerprint density at radius 3 is 2.82 bits per heavy atom. The zero-order valence-electron chi connectivity index (χ0n) is 14.5. The number of amides is 1. The van der Waals surface area contributed by atoms with Gasteiger partial charge in [-0.05, 0) is 19.1 Å². The molecule has 0 radical (unpaired) electrons. The van der Waals surface area contributed by atoms with Gasteiger partial charge >= 0.3 is 0 Å². The summed E-state index contributed by atoms with van der Waals surface area (Å²) in [5, 5.41) is 16.9. The fourth-order valence-corrected chi connectivity index (χ4v) is 3.98. The number of carbonyl (C=O) groups excluding carboxylic acids is 1. The predicted octanol–water partition coefficient (Wildman–Crippen LogP) is 5.41. The van der Waals surface area contributed by atoms with Gasteiger partial charge in [0.25, 0.3) is 11.6 Å². The fraction of sp³-hybridized carbons (Fsp3) is 0.0526. The number of rotatable bonds is 4. The molecule has 7 nitrogen and oxygen atoms in total. The lowest BCUT2D eigenvalue weighted by Crippen LogP contribution is -2.12. The van der Waals surface area contributed by atoms with Gasteiger partial charge in [-0.1, -0.05) is 29.8 Å². The number of aromatic amines is 1. The molecule has 0 aliphatic rings. The van der Waals surface area contributed by atoms with Crippen LogP contribution in [0.25, 0.3) is 22.2 Å². The van der Waals surface area contributed by atoms with E-state index in [1.54, 1.807) is 0 Å². The lowest BCUT2D eigenvalue weighted by molar-refractivity contribution is -0.384. The molecule has 0 aliphatic carbocycles. The van der Waals surface area contributed by atoms with Crippen LogP contribution >= 0.6 is 22.9 Å². The first kappa shape index (κ1) is 18.1. The topological polar surface area (TPSA) is 101 Å². The number of nitro groups is 1. The Labute approximate surface area is 168 Å². The summed E-state index contributed by atoms with van der Waals surface area (Å²) in [7, 11) is 0. The Bertz CT molecular complexity index is 1230. The first-order valence-electron chi connectivity index (χ1n) is 8.22. The zero-order valence-corrected chi connectivity index (χ0v) is 16.1. The van der Waals surface area contributed by atoms with Crippen molar-refractivity contribution in [2.45, 2.75) is 6.92 Å². The van der Waals surface area contributed by atoms with E-state index in [0.717, 1.165) is 33.9 Å². The normalized spacial score (nSPS) is 10.9. The molecule has 0 spiro atoms. The fourth-order valence-electron chi connectivity index (χ4n) is 3.02. The number of nitrogens with one attached hydrogen (secondary N) is 2. The van der Waals surface area contributed by atoms with Crippen LogP contribution in [-0.2, 0) is 0 Å². The summed E-state index contributed by atoms with van der Waals surface area (Å²) in [4.78, 5) is 30.6. The van der Waals surface area contributed by atoms with Crippen molar-refractivity contribution in [1.82, 2.24) is 9.97 Å². The van der Waals surface area contributed by atoms with Crippen LogP contribution in [0.4, 0.5) is 10.8 Å². The molecule has 1 amide bonds. The summed E-state index contributed by atoms with van der Waals surface area (Å²) >= 11 is 7.31. The van der Waals surface area contributed by atoms with Gasteiger partial charge in [0, 0.05) is 39.7 Å². The van der Waals surface area contributed by atoms with Crippen LogP contribution in [0.1, 0.15) is 16.1 Å². The van der Waals surface area contributed by atoms with Crippen LogP contribution in [-0.4, -0.2) is 20.8 Å². The number of H-pyrrole nitrogens is 1. The first-order chi connectivity index (χ1) is 13.4. The molecule has 2 N–H and O–H groups in total. The highest BCUT2D eigenvalue weighted by Crippen LogP contribution is 2.34. The molecule has 0 saturated heterocycles. The average molecular weight is 413 g/mol. The number of aromatic nitrogens is 2. The number of hydrogen-bond donors (Lipinski definition) is 2. The van der Waals surface area contributed by atoms with Crippen molar-refractivity contribution in [1.29, 1.82) is 0 Å². The van der Waals surface area contributed by atoms with Gasteiger partial charge in [-0.3, -0.25) is 20.2 Å². The molecule has 28 heavy (non-hydrogen) atoms. The standard InChI is InChI=1S/C19H13ClN4O3S/c1-10-17(13-4-2-3-5-15(13)21-10)16-9-28-19(22-16)23-18(25)12-7-6-11(24(26)27)8-14(12)20/h2-9,21H,1H3,(H,22,23,25). The highest BCUT2D eigenvalue weighted by atomic mass is 35.5. The number of nitrogens with zero attached hydrogens (tertiary/aromatic N) is 2. The number of hydrogen-bond acceptors (Lipinski definition) is 5. The van der Waals surface area contributed by atoms with Gasteiger partial charge in [0.15, 0.2) is 5.13 Å². The van der Waals surface area contributed by atoms with E-state index in [2.05, 4.69) is 15.3 Å². The van der Waals surface area contributed by atoms with E-state index in [4.69, 9.17) is 11.6 Å². The van der Waals surface area contributed by atoms with E-state index in [1.807, 2.05) is 36.6 Å². The number of nitro benzene ring substituents is 1. The Morgan fingerprint density at radius 2 is 2.07 bits per heavy atom. The minimum absolute atomic E-state index is 0.0101. The molecule has 2 heterocycles. The van der Waals surface area contributed by atoms with Crippen molar-refractivity contribution in [3.8, 4) is 11.3 Å². The van der Waals surface area contributed by atoms with Crippen molar-refractivity contribution < 1.29 is 9.72 Å². The van der Waals surface area contributed by atoms with E-state index in [1.165, 1.54) is 23.5 Å². The van der Waals surface area contributed by atoms with Crippen molar-refractivity contribution >= 4 is 50.6 Å². The summed E-state index contributed by atoms with van der Waals surface area (Å²) in [6, 6.07) is 11.7. The third kappa shape index (κ3) is 3.23. The number of thiazole rings is 1. The summed E-state index contributed by atoms with van der Waals surface area (Å²) in [6.45, 7) is 1.98. The van der Waals surface area contributed by atoms with Gasteiger partial charge in [0.2, 0.25) is 0 Å². The predicted molar refractivity (Wildman–Crippen MR) is 110 cm³/mol. The Hall–Kier alpha value is -3.23. The lowest BCUT2D eigenvalue weighted by atomic mass is 10.1. The molecule has 0 saturated carbocycles. The highest BCUT2D eigenvalue weighted by Gasteiger charge is 2.18. The minimum atomic E-state index is -0.565. The maximum atomic E-state index is 12.5. The SMILES string of the molecule is Cc1[nH]c2ccccc2c1-c1csc(NC(=O)c2ccc([N+](=O)[O-])cc2Cl)n1. The molecule has 0 fully saturated rings. The first-order valence-corrected chi connectivity index (χ1v) is 9.48. The van der Waals surface area contributed by atoms with Crippen molar-refractivity contribution in [2.75, 3.05) is 5.32 Å². The average Bonchev–Trinajstić information content (AvgIpc) is 3.24. The molecule has 0 unspecified atom stereocenters. The van der Waals surface area contributed by atoms with Gasteiger partial charge in [0.1, 0.15) is 0 Å². The maximum Gasteiger partial charge on any atom is 0.270 e. The van der Waals surface area contributed by atoms with Gasteiger partial charge in [0.05, 0.1) is 21.2 Å². The van der Waals surface area contributed by atoms with Crippen molar-refractivity contribution in [3.63, 3.8) is 0 Å². The molecule has 140 valence electrons. The molecule has 0 bridgehead atoms. The zero-order chi connectivity index (χ0) is 19.8. The molecule has 4 rings (SSSR count). The van der Waals surface area contributed by atoms with Crippen LogP contribution in [0.3, 0.4) is 0 Å². The summed E-state index contributed by atoms with van der Waals surface area (Å²) in [6.07, 6.45) is 0. The second-order valence-corrected chi connectivity index (χ2v) is 7.35. The highest BCUT2D eigenvalue weighted by molar-refractivity contribution is 7.14. The van der Waals surface area contributed by atoms with E-state index in [-0.39, 0.29) is 16.3 Å². The third-order valence-electron chi connectivity index (χ3n) is 4.28. The number of fused-ring (bicyclic) bond motifs is 1. The number of benzene rings is 2. The molecule has 0 aliphatic heterocycles. The monoisotopic (exact) mass is 412 g/mol. The van der Waals surface area contributed by atoms with Gasteiger partial charge in [-0.15, -0.1) is 11.3 Å². The van der Waals surface area contributed by atoms with Crippen molar-refractivity contribution in [2.24, 2.45) is 0 Å². The molecule has 2 aromatic carbocycles. The Kier molecular flexibility index (Phi) is 4.58. The lowest BCUT2D eigenvalue weighted by Gasteiger charge is -2.04. The number of para-hydroxylation sites is 1. The molecule has 2 aromatic heterocycles. The number of carbonyl (C=O) groups is 1. The van der Waals surface area contributed by atoms with Gasteiger partial charge < -0.3 is 4.98 Å². The van der Waals surface area contributed by atoms with E-state index in [0.29, 0.717) is 5.13 Å². The number of non-ortho nitro benzene ring substituents is 1. The summed E-state index contributed by atoms with van der Waals surface area (Å²) < 4.78 is 0. The van der Waals surface area contributed by atoms with Crippen LogP contribution < -0.4 is 5.32 Å². The number of anilines is 1. The molecule has 4 aromatic rings. The molecule has 0 atom stereocenters. The van der Waals surface area contributed by atoms with Crippen LogP contribution in [0.15, 0.2) is 47.8 Å². The second-order valence-electron chi connectivity index (χ2n) is 6.08. The number of halogens is 1. The largest absolute Gasteiger partial charge is 0.358 e. The molecule has 9 heteroatoms. The maximum absolute atomic E-state index is 12.5. The molecular weight excluding hydrogens is 400 g/mol. The van der Waals surface area contributed by atoms with E-state index < -0.39 is 10.8 Å². The van der Waals surface area contributed by atoms with Crippen LogP contribution in [0.2, 0.25) is 5.02 Å². The van der Waals surface area contributed by atoms with Crippen LogP contribution in [0, 0.1) is 17.0 Å². The van der Waals surface area contributed by atoms with E-state index in [9.17, 15) is 14.9 Å². The quantitative estimate of drug-likeness (QED) is 0.345. The third-order valence-corrected chi connectivity index (χ3v) is 5.35. The summed E-state index contributed by atoms with van der Waals surface area (Å²) in [5.41, 5.74) is 3.72. The smallest absolute Gasteiger partial charge is 0.270 e. The van der Waals surface area contributed by atoms with Gasteiger partial charge in [-0.2, -0.15) is 0 Å². The Morgan fingerprint density at radius 1 is 1.29 bits per heavy atom. The van der Waals surface area contributed by atoms with E-state index >= 15 is 0 Å². The second kappa shape index (κ2) is 7.06. The van der Waals surface area contributed by atoms with Crippen molar-refractivity contribution in [3.05, 3.63) is 74.2 Å². The van der Waals surface area contributed by atoms with Gasteiger partial charge in [-0.25, -0.2) is 4.98 Å². The Balaban J connectivity index is 1.61. The van der Waals surface area contributed by atoms with Crippen LogP contribution in [0.5, 0.6) is 0 Å². The summed E-state index contributed by atoms with van der Waals surface area (Å²) in [5.74, 6) is -0.476. The minimum Gasteiger partial charge on any atom is -0.358 e. The molecular formula is C19H13ClN4O3S. The number of aryl methyl sites for hydroxylation is 1.